The summed E-state index contributed by atoms with van der Waals surface area (Å²) in [6.07, 6.45) is 0.341. The Morgan fingerprint density at radius 3 is 3.00 bits per heavy atom. The minimum absolute atomic E-state index is 0.342. The van der Waals surface area contributed by atoms with E-state index in [2.05, 4.69) is 5.32 Å². The highest BCUT2D eigenvalue weighted by Gasteiger charge is 2.35. The fourth-order valence-corrected chi connectivity index (χ4v) is 1.87. The van der Waals surface area contributed by atoms with Crippen LogP contribution in [-0.2, 0) is 11.2 Å². The minimum Gasteiger partial charge on any atom is -0.497 e. The van der Waals surface area contributed by atoms with Crippen LogP contribution in [0.3, 0.4) is 0 Å². The van der Waals surface area contributed by atoms with Crippen molar-refractivity contribution in [1.29, 1.82) is 0 Å². The normalized spacial score (nSPS) is 23.8. The molecule has 1 aromatic rings. The topological polar surface area (TPSA) is 47.6 Å². The lowest BCUT2D eigenvalue weighted by Crippen LogP contribution is -2.31. The number of alkyl carbamates (subject to hydrolysis) is 1. The first-order valence-electron chi connectivity index (χ1n) is 5.21. The van der Waals surface area contributed by atoms with Crippen LogP contribution in [0.5, 0.6) is 5.75 Å². The first-order chi connectivity index (χ1) is 7.61. The van der Waals surface area contributed by atoms with Gasteiger partial charge in [0.25, 0.3) is 0 Å². The average Bonchev–Trinajstić information content (AvgIpc) is 2.58. The van der Waals surface area contributed by atoms with Crippen molar-refractivity contribution in [3.05, 3.63) is 29.8 Å². The lowest BCUT2D eigenvalue weighted by Gasteiger charge is -2.21. The molecule has 0 aromatic heterocycles. The van der Waals surface area contributed by atoms with Gasteiger partial charge >= 0.3 is 6.09 Å². The molecule has 16 heavy (non-hydrogen) atoms. The molecule has 4 heteroatoms. The zero-order valence-electron chi connectivity index (χ0n) is 9.45. The van der Waals surface area contributed by atoms with E-state index < -0.39 is 5.60 Å². The van der Waals surface area contributed by atoms with Crippen LogP contribution in [-0.4, -0.2) is 25.3 Å². The molecule has 0 saturated carbocycles. The molecule has 1 unspecified atom stereocenters. The van der Waals surface area contributed by atoms with Crippen molar-refractivity contribution in [2.75, 3.05) is 13.7 Å². The molecule has 2 rings (SSSR count). The monoisotopic (exact) mass is 221 g/mol. The number of hydrogen-bond acceptors (Lipinski definition) is 3. The number of cyclic esters (lactones) is 1. The highest BCUT2D eigenvalue weighted by molar-refractivity contribution is 5.70. The van der Waals surface area contributed by atoms with E-state index in [0.29, 0.717) is 13.0 Å². The summed E-state index contributed by atoms with van der Waals surface area (Å²) in [7, 11) is 1.64. The van der Waals surface area contributed by atoms with Crippen molar-refractivity contribution in [2.45, 2.75) is 18.9 Å². The van der Waals surface area contributed by atoms with E-state index in [9.17, 15) is 4.79 Å². The maximum Gasteiger partial charge on any atom is 0.407 e. The molecule has 1 aliphatic heterocycles. The molecule has 1 amide bonds. The summed E-state index contributed by atoms with van der Waals surface area (Å²) in [4.78, 5) is 11.0. The van der Waals surface area contributed by atoms with E-state index in [1.165, 1.54) is 0 Å². The van der Waals surface area contributed by atoms with Crippen molar-refractivity contribution in [3.8, 4) is 5.75 Å². The third-order valence-electron chi connectivity index (χ3n) is 2.66. The molecular weight excluding hydrogens is 206 g/mol. The molecule has 0 radical (unpaired) electrons. The van der Waals surface area contributed by atoms with Crippen LogP contribution < -0.4 is 10.1 Å². The van der Waals surface area contributed by atoms with Gasteiger partial charge < -0.3 is 14.8 Å². The van der Waals surface area contributed by atoms with Crippen LogP contribution >= 0.6 is 0 Å². The molecular formula is C12H15NO3. The highest BCUT2D eigenvalue weighted by Crippen LogP contribution is 2.23. The zero-order valence-corrected chi connectivity index (χ0v) is 9.45. The van der Waals surface area contributed by atoms with Crippen molar-refractivity contribution in [2.24, 2.45) is 0 Å². The lowest BCUT2D eigenvalue weighted by atomic mass is 9.97. The quantitative estimate of drug-likeness (QED) is 0.845. The summed E-state index contributed by atoms with van der Waals surface area (Å²) in [5, 5.41) is 2.67. The molecule has 1 heterocycles. The molecule has 1 aromatic carbocycles. The van der Waals surface area contributed by atoms with Gasteiger partial charge in [0.1, 0.15) is 11.4 Å². The molecule has 1 saturated heterocycles. The Morgan fingerprint density at radius 1 is 1.56 bits per heavy atom. The SMILES string of the molecule is COc1cccc(CC2(C)CNC(=O)O2)c1. The van der Waals surface area contributed by atoms with E-state index in [-0.39, 0.29) is 6.09 Å². The molecule has 0 aliphatic carbocycles. The molecule has 1 fully saturated rings. The van der Waals surface area contributed by atoms with Gasteiger partial charge in [-0.25, -0.2) is 4.79 Å². The summed E-state index contributed by atoms with van der Waals surface area (Å²) < 4.78 is 10.4. The van der Waals surface area contributed by atoms with E-state index in [4.69, 9.17) is 9.47 Å². The van der Waals surface area contributed by atoms with Crippen molar-refractivity contribution >= 4 is 6.09 Å². The maximum atomic E-state index is 11.0. The number of carbonyl (C=O) groups excluding carboxylic acids is 1. The van der Waals surface area contributed by atoms with Gasteiger partial charge in [0.2, 0.25) is 0 Å². The number of ether oxygens (including phenoxy) is 2. The van der Waals surface area contributed by atoms with Gasteiger partial charge in [0.05, 0.1) is 13.7 Å². The van der Waals surface area contributed by atoms with Gasteiger partial charge in [-0.05, 0) is 24.6 Å². The molecule has 1 atom stereocenters. The Kier molecular flexibility index (Phi) is 2.73. The van der Waals surface area contributed by atoms with Gasteiger partial charge in [-0.15, -0.1) is 0 Å². The van der Waals surface area contributed by atoms with Crippen LogP contribution in [0.25, 0.3) is 0 Å². The third kappa shape index (κ3) is 2.27. The largest absolute Gasteiger partial charge is 0.497 e. The number of nitrogens with one attached hydrogen (secondary N) is 1. The van der Waals surface area contributed by atoms with E-state index in [1.54, 1.807) is 7.11 Å². The Labute approximate surface area is 94.6 Å². The van der Waals surface area contributed by atoms with Gasteiger partial charge in [0, 0.05) is 6.42 Å². The zero-order chi connectivity index (χ0) is 11.6. The fraction of sp³-hybridized carbons (Fsp3) is 0.417. The van der Waals surface area contributed by atoms with Gasteiger partial charge in [-0.2, -0.15) is 0 Å². The molecule has 0 bridgehead atoms. The van der Waals surface area contributed by atoms with E-state index in [1.807, 2.05) is 31.2 Å². The standard InChI is InChI=1S/C12H15NO3/c1-12(8-13-11(14)16-12)7-9-4-3-5-10(6-9)15-2/h3-6H,7-8H2,1-2H3,(H,13,14). The summed E-state index contributed by atoms with van der Waals surface area (Å²) >= 11 is 0. The first-order valence-corrected chi connectivity index (χ1v) is 5.21. The summed E-state index contributed by atoms with van der Waals surface area (Å²) in [5.41, 5.74) is 0.641. The van der Waals surface area contributed by atoms with Gasteiger partial charge in [-0.1, -0.05) is 12.1 Å². The number of carbonyl (C=O) groups is 1. The first kappa shape index (κ1) is 10.8. The van der Waals surface area contributed by atoms with Crippen LogP contribution in [0, 0.1) is 0 Å². The number of methoxy groups -OCH3 is 1. The molecule has 1 N–H and O–H groups in total. The van der Waals surface area contributed by atoms with E-state index in [0.717, 1.165) is 11.3 Å². The lowest BCUT2D eigenvalue weighted by molar-refractivity contribution is 0.0724. The Morgan fingerprint density at radius 2 is 2.38 bits per heavy atom. The molecule has 1 aliphatic rings. The van der Waals surface area contributed by atoms with Crippen LogP contribution in [0.15, 0.2) is 24.3 Å². The number of benzene rings is 1. The van der Waals surface area contributed by atoms with Crippen molar-refractivity contribution in [1.82, 2.24) is 5.32 Å². The fourth-order valence-electron chi connectivity index (χ4n) is 1.87. The maximum absolute atomic E-state index is 11.0. The third-order valence-corrected chi connectivity index (χ3v) is 2.66. The van der Waals surface area contributed by atoms with Gasteiger partial charge in [-0.3, -0.25) is 0 Å². The smallest absolute Gasteiger partial charge is 0.407 e. The molecule has 0 spiro atoms. The predicted octanol–water partition coefficient (Wildman–Crippen LogP) is 1.74. The summed E-state index contributed by atoms with van der Waals surface area (Å²) in [5.74, 6) is 0.818. The number of hydrogen-bond donors (Lipinski definition) is 1. The minimum atomic E-state index is -0.455. The van der Waals surface area contributed by atoms with Crippen molar-refractivity contribution in [3.63, 3.8) is 0 Å². The number of amides is 1. The molecule has 86 valence electrons. The summed E-state index contributed by atoms with van der Waals surface area (Å²) in [6, 6.07) is 7.78. The van der Waals surface area contributed by atoms with Crippen LogP contribution in [0.1, 0.15) is 12.5 Å². The van der Waals surface area contributed by atoms with Crippen LogP contribution in [0.4, 0.5) is 4.79 Å². The number of rotatable bonds is 3. The second-order valence-corrected chi connectivity index (χ2v) is 4.22. The Balaban J connectivity index is 2.11. The van der Waals surface area contributed by atoms with Crippen molar-refractivity contribution < 1.29 is 14.3 Å². The summed E-state index contributed by atoms with van der Waals surface area (Å²) in [6.45, 7) is 2.47. The Bertz CT molecular complexity index is 405. The second kappa shape index (κ2) is 4.04. The Hall–Kier alpha value is -1.71. The van der Waals surface area contributed by atoms with Crippen LogP contribution in [0.2, 0.25) is 0 Å². The predicted molar refractivity (Wildman–Crippen MR) is 59.6 cm³/mol. The second-order valence-electron chi connectivity index (χ2n) is 4.22. The van der Waals surface area contributed by atoms with E-state index >= 15 is 0 Å². The van der Waals surface area contributed by atoms with Gasteiger partial charge in [0.15, 0.2) is 0 Å². The highest BCUT2D eigenvalue weighted by atomic mass is 16.6. The molecule has 4 nitrogen and oxygen atoms in total. The average molecular weight is 221 g/mol.